The fourth-order valence-corrected chi connectivity index (χ4v) is 2.06. The number of nitrogens with zero attached hydrogens (tertiary/aromatic N) is 3. The summed E-state index contributed by atoms with van der Waals surface area (Å²) >= 11 is 5.95. The van der Waals surface area contributed by atoms with Crippen molar-refractivity contribution in [2.75, 3.05) is 0 Å². The van der Waals surface area contributed by atoms with E-state index >= 15 is 0 Å². The molecular weight excluding hydrogens is 234 g/mol. The molecule has 0 unspecified atom stereocenters. The number of halogens is 1. The van der Waals surface area contributed by atoms with Crippen LogP contribution in [-0.4, -0.2) is 14.8 Å². The highest BCUT2D eigenvalue weighted by Gasteiger charge is 2.09. The third-order valence-corrected chi connectivity index (χ3v) is 2.82. The van der Waals surface area contributed by atoms with Crippen LogP contribution in [0.4, 0.5) is 0 Å². The molecular formula is C13H16ClN3. The summed E-state index contributed by atoms with van der Waals surface area (Å²) in [4.78, 5) is 4.47. The van der Waals surface area contributed by atoms with E-state index in [-0.39, 0.29) is 0 Å². The Balaban J connectivity index is 2.22. The van der Waals surface area contributed by atoms with E-state index in [1.54, 1.807) is 0 Å². The van der Waals surface area contributed by atoms with Gasteiger partial charge in [-0.15, -0.1) is 0 Å². The van der Waals surface area contributed by atoms with Gasteiger partial charge < -0.3 is 0 Å². The van der Waals surface area contributed by atoms with Crippen LogP contribution in [0.1, 0.15) is 37.1 Å². The zero-order valence-corrected chi connectivity index (χ0v) is 11.1. The lowest BCUT2D eigenvalue weighted by atomic mass is 10.1. The predicted molar refractivity (Wildman–Crippen MR) is 69.4 cm³/mol. The van der Waals surface area contributed by atoms with Crippen molar-refractivity contribution < 1.29 is 0 Å². The molecule has 0 spiro atoms. The number of rotatable bonds is 3. The third-order valence-electron chi connectivity index (χ3n) is 2.59. The Morgan fingerprint density at radius 2 is 2.12 bits per heavy atom. The van der Waals surface area contributed by atoms with E-state index in [4.69, 9.17) is 11.6 Å². The standard InChI is InChI=1S/C13H16ClN3/c1-9(2)17-10(3)15-13(16-17)8-11-5-4-6-12(14)7-11/h4-7,9H,8H2,1-3H3. The molecule has 1 heterocycles. The van der Waals surface area contributed by atoms with Crippen molar-refractivity contribution in [3.8, 4) is 0 Å². The summed E-state index contributed by atoms with van der Waals surface area (Å²) in [6.45, 7) is 6.18. The molecule has 0 radical (unpaired) electrons. The molecule has 3 nitrogen and oxygen atoms in total. The highest BCUT2D eigenvalue weighted by Crippen LogP contribution is 2.14. The van der Waals surface area contributed by atoms with Crippen molar-refractivity contribution in [1.82, 2.24) is 14.8 Å². The van der Waals surface area contributed by atoms with E-state index < -0.39 is 0 Å². The van der Waals surface area contributed by atoms with E-state index in [1.807, 2.05) is 35.9 Å². The number of aromatic nitrogens is 3. The Morgan fingerprint density at radius 1 is 1.35 bits per heavy atom. The average molecular weight is 250 g/mol. The number of aryl methyl sites for hydroxylation is 1. The van der Waals surface area contributed by atoms with Gasteiger partial charge in [0.25, 0.3) is 0 Å². The molecule has 0 saturated carbocycles. The average Bonchev–Trinajstić information content (AvgIpc) is 2.59. The summed E-state index contributed by atoms with van der Waals surface area (Å²) in [6, 6.07) is 8.15. The van der Waals surface area contributed by atoms with Crippen LogP contribution in [-0.2, 0) is 6.42 Å². The van der Waals surface area contributed by atoms with Crippen LogP contribution in [0.5, 0.6) is 0 Å². The lowest BCUT2D eigenvalue weighted by Gasteiger charge is -2.05. The van der Waals surface area contributed by atoms with Gasteiger partial charge in [0.1, 0.15) is 5.82 Å². The zero-order chi connectivity index (χ0) is 12.4. The first kappa shape index (κ1) is 12.1. The molecule has 17 heavy (non-hydrogen) atoms. The molecule has 0 aliphatic carbocycles. The Labute approximate surface area is 106 Å². The van der Waals surface area contributed by atoms with Crippen molar-refractivity contribution in [1.29, 1.82) is 0 Å². The summed E-state index contributed by atoms with van der Waals surface area (Å²) in [5, 5.41) is 5.25. The van der Waals surface area contributed by atoms with Crippen molar-refractivity contribution in [3.05, 3.63) is 46.5 Å². The van der Waals surface area contributed by atoms with Crippen LogP contribution in [0.15, 0.2) is 24.3 Å². The van der Waals surface area contributed by atoms with Gasteiger partial charge in [0.15, 0.2) is 5.82 Å². The fraction of sp³-hybridized carbons (Fsp3) is 0.385. The minimum Gasteiger partial charge on any atom is -0.248 e. The Morgan fingerprint density at radius 3 is 2.71 bits per heavy atom. The molecule has 0 N–H and O–H groups in total. The maximum absolute atomic E-state index is 5.95. The second-order valence-corrected chi connectivity index (χ2v) is 4.86. The topological polar surface area (TPSA) is 30.7 Å². The molecule has 0 aliphatic heterocycles. The van der Waals surface area contributed by atoms with Crippen LogP contribution >= 0.6 is 11.6 Å². The van der Waals surface area contributed by atoms with Gasteiger partial charge in [-0.1, -0.05) is 23.7 Å². The molecule has 0 saturated heterocycles. The summed E-state index contributed by atoms with van der Waals surface area (Å²) in [5.41, 5.74) is 1.14. The first-order valence-corrected chi connectivity index (χ1v) is 6.10. The van der Waals surface area contributed by atoms with Gasteiger partial charge in [-0.2, -0.15) is 5.10 Å². The van der Waals surface area contributed by atoms with E-state index in [0.717, 1.165) is 28.7 Å². The number of hydrogen-bond acceptors (Lipinski definition) is 2. The van der Waals surface area contributed by atoms with Crippen molar-refractivity contribution >= 4 is 11.6 Å². The van der Waals surface area contributed by atoms with Crippen molar-refractivity contribution in [3.63, 3.8) is 0 Å². The molecule has 1 aromatic heterocycles. The van der Waals surface area contributed by atoms with Crippen LogP contribution in [0.2, 0.25) is 5.02 Å². The minimum atomic E-state index is 0.343. The molecule has 4 heteroatoms. The molecule has 0 aliphatic rings. The van der Waals surface area contributed by atoms with Crippen LogP contribution < -0.4 is 0 Å². The zero-order valence-electron chi connectivity index (χ0n) is 10.3. The first-order chi connectivity index (χ1) is 8.06. The maximum atomic E-state index is 5.95. The second kappa shape index (κ2) is 4.88. The molecule has 2 aromatic rings. The van der Waals surface area contributed by atoms with Gasteiger partial charge in [-0.25, -0.2) is 9.67 Å². The summed E-state index contributed by atoms with van der Waals surface area (Å²) in [7, 11) is 0. The highest BCUT2D eigenvalue weighted by molar-refractivity contribution is 6.30. The summed E-state index contributed by atoms with van der Waals surface area (Å²) < 4.78 is 1.94. The molecule has 2 rings (SSSR count). The van der Waals surface area contributed by atoms with E-state index in [1.165, 1.54) is 0 Å². The lowest BCUT2D eigenvalue weighted by molar-refractivity contribution is 0.513. The molecule has 1 aromatic carbocycles. The largest absolute Gasteiger partial charge is 0.248 e. The molecule has 0 fully saturated rings. The Hall–Kier alpha value is -1.35. The van der Waals surface area contributed by atoms with Gasteiger partial charge in [-0.3, -0.25) is 0 Å². The summed E-state index contributed by atoms with van der Waals surface area (Å²) in [5.74, 6) is 1.80. The normalized spacial score (nSPS) is 11.1. The van der Waals surface area contributed by atoms with E-state index in [9.17, 15) is 0 Å². The lowest BCUT2D eigenvalue weighted by Crippen LogP contribution is -2.05. The first-order valence-electron chi connectivity index (χ1n) is 5.72. The Bertz CT molecular complexity index is 517. The Kier molecular flexibility index (Phi) is 3.48. The smallest absolute Gasteiger partial charge is 0.155 e. The number of benzene rings is 1. The van der Waals surface area contributed by atoms with Gasteiger partial charge in [0.2, 0.25) is 0 Å². The van der Waals surface area contributed by atoms with Crippen LogP contribution in [0.25, 0.3) is 0 Å². The van der Waals surface area contributed by atoms with Gasteiger partial charge in [0.05, 0.1) is 0 Å². The van der Waals surface area contributed by atoms with Gasteiger partial charge >= 0.3 is 0 Å². The molecule has 90 valence electrons. The van der Waals surface area contributed by atoms with Gasteiger partial charge in [-0.05, 0) is 38.5 Å². The highest BCUT2D eigenvalue weighted by atomic mass is 35.5. The van der Waals surface area contributed by atoms with Crippen LogP contribution in [0.3, 0.4) is 0 Å². The van der Waals surface area contributed by atoms with E-state index in [0.29, 0.717) is 6.04 Å². The second-order valence-electron chi connectivity index (χ2n) is 4.42. The maximum Gasteiger partial charge on any atom is 0.155 e. The molecule has 0 amide bonds. The van der Waals surface area contributed by atoms with Crippen molar-refractivity contribution in [2.45, 2.75) is 33.2 Å². The molecule has 0 bridgehead atoms. The number of hydrogen-bond donors (Lipinski definition) is 0. The quantitative estimate of drug-likeness (QED) is 0.835. The minimum absolute atomic E-state index is 0.343. The molecule has 0 atom stereocenters. The third kappa shape index (κ3) is 2.86. The van der Waals surface area contributed by atoms with Gasteiger partial charge in [0, 0.05) is 17.5 Å². The summed E-state index contributed by atoms with van der Waals surface area (Å²) in [6.07, 6.45) is 0.723. The predicted octanol–water partition coefficient (Wildman–Crippen LogP) is 3.41. The fourth-order valence-electron chi connectivity index (χ4n) is 1.85. The van der Waals surface area contributed by atoms with Crippen molar-refractivity contribution in [2.24, 2.45) is 0 Å². The van der Waals surface area contributed by atoms with E-state index in [2.05, 4.69) is 23.9 Å². The SMILES string of the molecule is Cc1nc(Cc2cccc(Cl)c2)nn1C(C)C. The monoisotopic (exact) mass is 249 g/mol. The van der Waals surface area contributed by atoms with Crippen LogP contribution in [0, 0.1) is 6.92 Å².